The van der Waals surface area contributed by atoms with Crippen LogP contribution in [0.1, 0.15) is 44.1 Å². The largest absolute Gasteiger partial charge is 0.497 e. The van der Waals surface area contributed by atoms with Gasteiger partial charge in [-0.25, -0.2) is 0 Å². The zero-order chi connectivity index (χ0) is 15.2. The minimum absolute atomic E-state index is 0.0419. The van der Waals surface area contributed by atoms with Gasteiger partial charge < -0.3 is 15.2 Å². The molecule has 0 bridgehead atoms. The van der Waals surface area contributed by atoms with Crippen LogP contribution in [-0.4, -0.2) is 30.8 Å². The van der Waals surface area contributed by atoms with Crippen LogP contribution >= 0.6 is 0 Å². The molecule has 0 saturated heterocycles. The minimum Gasteiger partial charge on any atom is -0.497 e. The maximum absolute atomic E-state index is 12.2. The van der Waals surface area contributed by atoms with Gasteiger partial charge >= 0.3 is 0 Å². The number of nitrogens with one attached hydrogen (secondary N) is 1. The monoisotopic (exact) mass is 291 g/mol. The summed E-state index contributed by atoms with van der Waals surface area (Å²) < 4.78 is 5.12. The highest BCUT2D eigenvalue weighted by atomic mass is 16.5. The summed E-state index contributed by atoms with van der Waals surface area (Å²) in [6.07, 6.45) is 3.65. The highest BCUT2D eigenvalue weighted by Crippen LogP contribution is 2.24. The number of aliphatic hydroxyl groups is 1. The molecule has 3 unspecified atom stereocenters. The van der Waals surface area contributed by atoms with Crippen LogP contribution in [0.25, 0.3) is 0 Å². The minimum atomic E-state index is -0.195. The lowest BCUT2D eigenvalue weighted by molar-refractivity contribution is -0.122. The molecule has 0 spiro atoms. The third-order valence-corrected chi connectivity index (χ3v) is 4.33. The van der Waals surface area contributed by atoms with Gasteiger partial charge in [-0.15, -0.1) is 0 Å². The van der Waals surface area contributed by atoms with E-state index in [0.717, 1.165) is 37.0 Å². The summed E-state index contributed by atoms with van der Waals surface area (Å²) >= 11 is 0. The van der Waals surface area contributed by atoms with Crippen molar-refractivity contribution in [3.05, 3.63) is 29.8 Å². The van der Waals surface area contributed by atoms with Gasteiger partial charge in [0.2, 0.25) is 5.91 Å². The fraction of sp³-hybridized carbons (Fsp3) is 0.588. The molecule has 1 fully saturated rings. The summed E-state index contributed by atoms with van der Waals surface area (Å²) in [5.74, 6) is 1.06. The molecule has 1 amide bonds. The molecule has 2 N–H and O–H groups in total. The Hall–Kier alpha value is -1.55. The fourth-order valence-electron chi connectivity index (χ4n) is 2.89. The van der Waals surface area contributed by atoms with Crippen LogP contribution in [0.4, 0.5) is 0 Å². The molecule has 2 rings (SSSR count). The van der Waals surface area contributed by atoms with E-state index < -0.39 is 0 Å². The van der Waals surface area contributed by atoms with E-state index in [9.17, 15) is 9.90 Å². The number of methoxy groups -OCH3 is 1. The van der Waals surface area contributed by atoms with Crippen LogP contribution in [0.2, 0.25) is 0 Å². The molecule has 0 aliphatic heterocycles. The van der Waals surface area contributed by atoms with Crippen LogP contribution in [-0.2, 0) is 4.79 Å². The summed E-state index contributed by atoms with van der Waals surface area (Å²) in [5.41, 5.74) is 0.983. The van der Waals surface area contributed by atoms with Crippen molar-refractivity contribution in [3.63, 3.8) is 0 Å². The fourth-order valence-corrected chi connectivity index (χ4v) is 2.89. The Labute approximate surface area is 126 Å². The summed E-state index contributed by atoms with van der Waals surface area (Å²) in [6, 6.07) is 7.59. The van der Waals surface area contributed by atoms with Gasteiger partial charge in [-0.3, -0.25) is 4.79 Å². The molecule has 1 aliphatic rings. The second-order valence-electron chi connectivity index (χ2n) is 5.93. The highest BCUT2D eigenvalue weighted by Gasteiger charge is 2.22. The molecule has 3 atom stereocenters. The van der Waals surface area contributed by atoms with Crippen molar-refractivity contribution >= 4 is 5.91 Å². The van der Waals surface area contributed by atoms with Gasteiger partial charge in [-0.2, -0.15) is 0 Å². The molecule has 1 saturated carbocycles. The molecular formula is C17H25NO3. The Morgan fingerprint density at radius 3 is 2.71 bits per heavy atom. The molecule has 1 aromatic rings. The Kier molecular flexibility index (Phi) is 5.62. The number of benzene rings is 1. The van der Waals surface area contributed by atoms with E-state index in [-0.39, 0.29) is 17.9 Å². The maximum Gasteiger partial charge on any atom is 0.227 e. The summed E-state index contributed by atoms with van der Waals surface area (Å²) in [6.45, 7) is 2.57. The molecule has 4 nitrogen and oxygen atoms in total. The van der Waals surface area contributed by atoms with Gasteiger partial charge in [-0.1, -0.05) is 18.6 Å². The molecule has 0 radical (unpaired) electrons. The molecule has 4 heteroatoms. The van der Waals surface area contributed by atoms with Crippen LogP contribution in [0, 0.1) is 5.92 Å². The highest BCUT2D eigenvalue weighted by molar-refractivity contribution is 5.83. The van der Waals surface area contributed by atoms with Crippen LogP contribution < -0.4 is 10.1 Å². The molecule has 1 aliphatic carbocycles. The first-order valence-corrected chi connectivity index (χ1v) is 7.70. The van der Waals surface area contributed by atoms with Crippen LogP contribution in [0.5, 0.6) is 5.75 Å². The number of rotatable bonds is 5. The van der Waals surface area contributed by atoms with E-state index in [0.29, 0.717) is 12.5 Å². The maximum atomic E-state index is 12.2. The van der Waals surface area contributed by atoms with Gasteiger partial charge in [0.1, 0.15) is 5.75 Å². The average molecular weight is 291 g/mol. The molecule has 21 heavy (non-hydrogen) atoms. The summed E-state index contributed by atoms with van der Waals surface area (Å²) in [7, 11) is 1.63. The predicted molar refractivity (Wildman–Crippen MR) is 82.4 cm³/mol. The van der Waals surface area contributed by atoms with Gasteiger partial charge in [-0.05, 0) is 49.8 Å². The third-order valence-electron chi connectivity index (χ3n) is 4.33. The Morgan fingerprint density at radius 1 is 1.38 bits per heavy atom. The summed E-state index contributed by atoms with van der Waals surface area (Å²) in [5, 5.41) is 12.7. The standard InChI is InChI=1S/C17H25NO3/c1-12(14-6-8-16(21-2)9-7-14)17(20)18-11-13-4-3-5-15(19)10-13/h6-9,12-13,15,19H,3-5,10-11H2,1-2H3,(H,18,20). The average Bonchev–Trinajstić information content (AvgIpc) is 2.52. The molecular weight excluding hydrogens is 266 g/mol. The van der Waals surface area contributed by atoms with Crippen molar-refractivity contribution in [1.82, 2.24) is 5.32 Å². The third kappa shape index (κ3) is 4.46. The number of aliphatic hydroxyl groups excluding tert-OH is 1. The SMILES string of the molecule is COc1ccc(C(C)C(=O)NCC2CCCC(O)C2)cc1. The Morgan fingerprint density at radius 2 is 2.10 bits per heavy atom. The first kappa shape index (κ1) is 15.8. The van der Waals surface area contributed by atoms with Gasteiger partial charge in [0.05, 0.1) is 19.1 Å². The van der Waals surface area contributed by atoms with E-state index in [2.05, 4.69) is 5.32 Å². The number of carbonyl (C=O) groups is 1. The van der Waals surface area contributed by atoms with Gasteiger partial charge in [0.15, 0.2) is 0 Å². The van der Waals surface area contributed by atoms with Crippen molar-refractivity contribution in [2.45, 2.75) is 44.6 Å². The number of carbonyl (C=O) groups excluding carboxylic acids is 1. The zero-order valence-corrected chi connectivity index (χ0v) is 12.8. The Balaban J connectivity index is 1.84. The van der Waals surface area contributed by atoms with E-state index in [1.165, 1.54) is 0 Å². The predicted octanol–water partition coefficient (Wildman–Crippen LogP) is 2.47. The number of ether oxygens (including phenoxy) is 1. The van der Waals surface area contributed by atoms with E-state index in [4.69, 9.17) is 4.74 Å². The van der Waals surface area contributed by atoms with Crippen LogP contribution in [0.3, 0.4) is 0 Å². The van der Waals surface area contributed by atoms with E-state index in [1.54, 1.807) is 7.11 Å². The van der Waals surface area contributed by atoms with Crippen molar-refractivity contribution in [3.8, 4) is 5.75 Å². The van der Waals surface area contributed by atoms with Crippen molar-refractivity contribution in [2.75, 3.05) is 13.7 Å². The first-order chi connectivity index (χ1) is 10.1. The van der Waals surface area contributed by atoms with E-state index >= 15 is 0 Å². The molecule has 1 aromatic carbocycles. The smallest absolute Gasteiger partial charge is 0.227 e. The molecule has 0 aromatic heterocycles. The van der Waals surface area contributed by atoms with Crippen molar-refractivity contribution in [1.29, 1.82) is 0 Å². The summed E-state index contributed by atoms with van der Waals surface area (Å²) in [4.78, 5) is 12.2. The lowest BCUT2D eigenvalue weighted by Crippen LogP contribution is -2.35. The van der Waals surface area contributed by atoms with Gasteiger partial charge in [0, 0.05) is 6.54 Å². The van der Waals surface area contributed by atoms with Crippen LogP contribution in [0.15, 0.2) is 24.3 Å². The topological polar surface area (TPSA) is 58.6 Å². The van der Waals surface area contributed by atoms with Crippen molar-refractivity contribution in [2.24, 2.45) is 5.92 Å². The Bertz CT molecular complexity index is 458. The normalized spacial score (nSPS) is 23.4. The lowest BCUT2D eigenvalue weighted by atomic mass is 9.87. The first-order valence-electron chi connectivity index (χ1n) is 7.70. The second kappa shape index (κ2) is 7.46. The number of amides is 1. The van der Waals surface area contributed by atoms with Gasteiger partial charge in [0.25, 0.3) is 0 Å². The second-order valence-corrected chi connectivity index (χ2v) is 5.93. The van der Waals surface area contributed by atoms with Crippen molar-refractivity contribution < 1.29 is 14.6 Å². The quantitative estimate of drug-likeness (QED) is 0.876. The molecule has 0 heterocycles. The van der Waals surface area contributed by atoms with E-state index in [1.807, 2.05) is 31.2 Å². The number of hydrogen-bond donors (Lipinski definition) is 2. The number of hydrogen-bond acceptors (Lipinski definition) is 3. The zero-order valence-electron chi connectivity index (χ0n) is 12.8. The lowest BCUT2D eigenvalue weighted by Gasteiger charge is -2.26. The molecule has 116 valence electrons.